The van der Waals surface area contributed by atoms with E-state index in [1.54, 1.807) is 6.92 Å². The third kappa shape index (κ3) is 3.55. The maximum Gasteiger partial charge on any atom is 0.244 e. The number of nitrogens with one attached hydrogen (secondary N) is 1. The Morgan fingerprint density at radius 3 is 2.65 bits per heavy atom. The van der Waals surface area contributed by atoms with Gasteiger partial charge in [-0.2, -0.15) is 0 Å². The second-order valence-electron chi connectivity index (χ2n) is 4.15. The third-order valence-corrected chi connectivity index (χ3v) is 4.19. The van der Waals surface area contributed by atoms with Gasteiger partial charge in [0.25, 0.3) is 0 Å². The van der Waals surface area contributed by atoms with Crippen LogP contribution in [0.1, 0.15) is 38.2 Å². The highest BCUT2D eigenvalue weighted by Crippen LogP contribution is 2.20. The molecule has 0 aliphatic carbocycles. The lowest BCUT2D eigenvalue weighted by molar-refractivity contribution is 0.477. The molecule has 98 valence electrons. The van der Waals surface area contributed by atoms with E-state index in [9.17, 15) is 8.42 Å². The van der Waals surface area contributed by atoms with E-state index in [4.69, 9.17) is 10.2 Å². The molecule has 0 aliphatic rings. The first kappa shape index (κ1) is 14.2. The Morgan fingerprint density at radius 2 is 2.18 bits per heavy atom. The fourth-order valence-corrected chi connectivity index (χ4v) is 3.19. The molecule has 1 aromatic rings. The van der Waals surface area contributed by atoms with Crippen LogP contribution in [0.25, 0.3) is 0 Å². The summed E-state index contributed by atoms with van der Waals surface area (Å²) in [5.74, 6) is 0.854. The molecular formula is C11H20N2O3S. The Morgan fingerprint density at radius 1 is 1.53 bits per heavy atom. The number of hydrogen-bond acceptors (Lipinski definition) is 4. The molecule has 1 atom stereocenters. The molecule has 0 aromatic carbocycles. The molecule has 1 aromatic heterocycles. The van der Waals surface area contributed by atoms with Gasteiger partial charge in [0.15, 0.2) is 0 Å². The second kappa shape index (κ2) is 5.66. The smallest absolute Gasteiger partial charge is 0.244 e. The van der Waals surface area contributed by atoms with E-state index in [0.29, 0.717) is 11.5 Å². The normalized spacial score (nSPS) is 13.9. The van der Waals surface area contributed by atoms with Crippen LogP contribution in [0.3, 0.4) is 0 Å². The van der Waals surface area contributed by atoms with Crippen molar-refractivity contribution in [1.82, 2.24) is 4.72 Å². The highest BCUT2D eigenvalue weighted by atomic mass is 32.2. The van der Waals surface area contributed by atoms with Crippen molar-refractivity contribution in [2.45, 2.75) is 51.1 Å². The summed E-state index contributed by atoms with van der Waals surface area (Å²) in [5.41, 5.74) is 5.42. The molecule has 17 heavy (non-hydrogen) atoms. The summed E-state index contributed by atoms with van der Waals surface area (Å²) in [7, 11) is -3.50. The SMILES string of the molecule is CCCC(C)NS(=O)(=O)c1cc(CN)oc1C. The molecule has 5 nitrogen and oxygen atoms in total. The van der Waals surface area contributed by atoms with Gasteiger partial charge in [-0.1, -0.05) is 13.3 Å². The van der Waals surface area contributed by atoms with E-state index < -0.39 is 10.0 Å². The molecule has 0 fully saturated rings. The third-order valence-electron chi connectivity index (χ3n) is 2.49. The number of sulfonamides is 1. The topological polar surface area (TPSA) is 85.3 Å². The van der Waals surface area contributed by atoms with Crippen LogP contribution in [-0.4, -0.2) is 14.5 Å². The van der Waals surface area contributed by atoms with Crippen molar-refractivity contribution in [3.63, 3.8) is 0 Å². The predicted molar refractivity (Wildman–Crippen MR) is 66.0 cm³/mol. The number of rotatable bonds is 6. The minimum absolute atomic E-state index is 0.0828. The highest BCUT2D eigenvalue weighted by molar-refractivity contribution is 7.89. The van der Waals surface area contributed by atoms with Crippen LogP contribution < -0.4 is 10.5 Å². The van der Waals surface area contributed by atoms with Gasteiger partial charge in [-0.3, -0.25) is 0 Å². The number of hydrogen-bond donors (Lipinski definition) is 2. The summed E-state index contributed by atoms with van der Waals surface area (Å²) in [6.07, 6.45) is 1.74. The zero-order valence-corrected chi connectivity index (χ0v) is 11.3. The Balaban J connectivity index is 2.92. The Kier molecular flexibility index (Phi) is 4.73. The van der Waals surface area contributed by atoms with Gasteiger partial charge in [0.1, 0.15) is 16.4 Å². The van der Waals surface area contributed by atoms with Crippen molar-refractivity contribution in [3.8, 4) is 0 Å². The molecule has 0 aliphatic heterocycles. The quantitative estimate of drug-likeness (QED) is 0.812. The summed E-state index contributed by atoms with van der Waals surface area (Å²) < 4.78 is 32.0. The summed E-state index contributed by atoms with van der Waals surface area (Å²) in [6.45, 7) is 5.68. The summed E-state index contributed by atoms with van der Waals surface area (Å²) in [5, 5.41) is 0. The summed E-state index contributed by atoms with van der Waals surface area (Å²) in [6, 6.07) is 1.40. The van der Waals surface area contributed by atoms with E-state index in [1.807, 2.05) is 13.8 Å². The van der Waals surface area contributed by atoms with E-state index >= 15 is 0 Å². The van der Waals surface area contributed by atoms with E-state index in [-0.39, 0.29) is 17.5 Å². The molecule has 1 rings (SSSR count). The summed E-state index contributed by atoms with van der Waals surface area (Å²) >= 11 is 0. The van der Waals surface area contributed by atoms with Crippen LogP contribution in [0.5, 0.6) is 0 Å². The molecule has 0 bridgehead atoms. The van der Waals surface area contributed by atoms with Crippen molar-refractivity contribution in [1.29, 1.82) is 0 Å². The first-order valence-electron chi connectivity index (χ1n) is 5.72. The van der Waals surface area contributed by atoms with Crippen LogP contribution in [0.15, 0.2) is 15.4 Å². The average molecular weight is 260 g/mol. The fourth-order valence-electron chi connectivity index (χ4n) is 1.71. The number of nitrogens with two attached hydrogens (primary N) is 1. The lowest BCUT2D eigenvalue weighted by atomic mass is 10.2. The zero-order chi connectivity index (χ0) is 13.1. The van der Waals surface area contributed by atoms with Crippen LogP contribution in [0, 0.1) is 6.92 Å². The van der Waals surface area contributed by atoms with Gasteiger partial charge < -0.3 is 10.2 Å². The molecular weight excluding hydrogens is 240 g/mol. The van der Waals surface area contributed by atoms with Gasteiger partial charge >= 0.3 is 0 Å². The molecule has 0 radical (unpaired) electrons. The molecule has 6 heteroatoms. The summed E-state index contributed by atoms with van der Waals surface area (Å²) in [4.78, 5) is 0.181. The lowest BCUT2D eigenvalue weighted by Gasteiger charge is -2.12. The molecule has 3 N–H and O–H groups in total. The predicted octanol–water partition coefficient (Wildman–Crippen LogP) is 1.51. The van der Waals surface area contributed by atoms with Gasteiger partial charge in [-0.25, -0.2) is 13.1 Å². The van der Waals surface area contributed by atoms with Crippen molar-refractivity contribution in [3.05, 3.63) is 17.6 Å². The van der Waals surface area contributed by atoms with E-state index in [1.165, 1.54) is 6.07 Å². The van der Waals surface area contributed by atoms with Crippen LogP contribution in [0.4, 0.5) is 0 Å². The highest BCUT2D eigenvalue weighted by Gasteiger charge is 2.22. The fraction of sp³-hybridized carbons (Fsp3) is 0.636. The number of furan rings is 1. The van der Waals surface area contributed by atoms with Gasteiger partial charge in [0.05, 0.1) is 6.54 Å². The van der Waals surface area contributed by atoms with Crippen molar-refractivity contribution in [2.24, 2.45) is 5.73 Å². The van der Waals surface area contributed by atoms with Gasteiger partial charge in [0.2, 0.25) is 10.0 Å². The molecule has 0 saturated carbocycles. The maximum absolute atomic E-state index is 12.1. The van der Waals surface area contributed by atoms with Gasteiger partial charge in [0, 0.05) is 12.1 Å². The minimum Gasteiger partial charge on any atom is -0.464 e. The zero-order valence-electron chi connectivity index (χ0n) is 10.5. The largest absolute Gasteiger partial charge is 0.464 e. The monoisotopic (exact) mass is 260 g/mol. The average Bonchev–Trinajstić information content (AvgIpc) is 2.60. The Labute approximate surface area is 102 Å². The molecule has 0 saturated heterocycles. The molecule has 0 amide bonds. The molecule has 0 spiro atoms. The minimum atomic E-state index is -3.50. The first-order valence-corrected chi connectivity index (χ1v) is 7.20. The van der Waals surface area contributed by atoms with Crippen molar-refractivity contribution >= 4 is 10.0 Å². The Bertz CT molecular complexity index is 465. The van der Waals surface area contributed by atoms with E-state index in [2.05, 4.69) is 4.72 Å². The maximum atomic E-state index is 12.1. The standard InChI is InChI=1S/C11H20N2O3S/c1-4-5-8(2)13-17(14,15)11-6-10(7-12)16-9(11)3/h6,8,13H,4-5,7,12H2,1-3H3. The van der Waals surface area contributed by atoms with Gasteiger partial charge in [-0.05, 0) is 20.3 Å². The van der Waals surface area contributed by atoms with E-state index in [0.717, 1.165) is 12.8 Å². The van der Waals surface area contributed by atoms with Crippen LogP contribution in [0.2, 0.25) is 0 Å². The van der Waals surface area contributed by atoms with Crippen LogP contribution >= 0.6 is 0 Å². The second-order valence-corrected chi connectivity index (χ2v) is 5.83. The number of aryl methyl sites for hydroxylation is 1. The van der Waals surface area contributed by atoms with Crippen LogP contribution in [-0.2, 0) is 16.6 Å². The van der Waals surface area contributed by atoms with Crippen molar-refractivity contribution in [2.75, 3.05) is 0 Å². The Hall–Kier alpha value is -0.850. The lowest BCUT2D eigenvalue weighted by Crippen LogP contribution is -2.32. The van der Waals surface area contributed by atoms with Gasteiger partial charge in [-0.15, -0.1) is 0 Å². The molecule has 1 unspecified atom stereocenters. The van der Waals surface area contributed by atoms with Crippen molar-refractivity contribution < 1.29 is 12.8 Å². The molecule has 1 heterocycles. The first-order chi connectivity index (χ1) is 7.90.